The largest absolute Gasteiger partial charge is 0.457 e. The van der Waals surface area contributed by atoms with E-state index in [-0.39, 0.29) is 11.3 Å². The summed E-state index contributed by atoms with van der Waals surface area (Å²) in [7, 11) is 0. The van der Waals surface area contributed by atoms with Gasteiger partial charge in [0.15, 0.2) is 5.13 Å². The van der Waals surface area contributed by atoms with Crippen molar-refractivity contribution >= 4 is 50.1 Å². The molecule has 0 aliphatic heterocycles. The van der Waals surface area contributed by atoms with Gasteiger partial charge in [-0.1, -0.05) is 28.1 Å². The predicted octanol–water partition coefficient (Wildman–Crippen LogP) is 6.21. The number of furan rings is 1. The van der Waals surface area contributed by atoms with E-state index in [1.807, 2.05) is 30.3 Å². The van der Waals surface area contributed by atoms with E-state index in [2.05, 4.69) is 26.2 Å². The lowest BCUT2D eigenvalue weighted by molar-refractivity contribution is -0.384. The first-order valence-electron chi connectivity index (χ1n) is 9.88. The summed E-state index contributed by atoms with van der Waals surface area (Å²) in [6, 6.07) is 19.0. The zero-order chi connectivity index (χ0) is 24.1. The molecular weight excluding hydrogens is 520 g/mol. The molecule has 4 aromatic rings. The van der Waals surface area contributed by atoms with Crippen molar-refractivity contribution in [3.05, 3.63) is 103 Å². The molecule has 0 unspecified atom stereocenters. The Kier molecular flexibility index (Phi) is 6.96. The first-order valence-corrected chi connectivity index (χ1v) is 11.5. The molecule has 0 atom stereocenters. The van der Waals surface area contributed by atoms with Crippen molar-refractivity contribution in [1.82, 2.24) is 4.98 Å². The lowest BCUT2D eigenvalue weighted by Gasteiger charge is -2.00. The predicted molar refractivity (Wildman–Crippen MR) is 132 cm³/mol. The van der Waals surface area contributed by atoms with Crippen LogP contribution in [0.15, 0.2) is 81.3 Å². The monoisotopic (exact) mass is 534 g/mol. The van der Waals surface area contributed by atoms with Crippen LogP contribution >= 0.6 is 27.3 Å². The van der Waals surface area contributed by atoms with Gasteiger partial charge in [-0.25, -0.2) is 4.98 Å². The zero-order valence-corrected chi connectivity index (χ0v) is 19.8. The quantitative estimate of drug-likeness (QED) is 0.130. The third kappa shape index (κ3) is 5.64. The number of anilines is 1. The topological polar surface area (TPSA) is 122 Å². The molecule has 2 heterocycles. The number of nitro groups is 1. The molecule has 168 valence electrons. The number of hydrogen-bond acceptors (Lipinski definition) is 7. The van der Waals surface area contributed by atoms with E-state index in [9.17, 15) is 20.2 Å². The van der Waals surface area contributed by atoms with Gasteiger partial charge in [-0.05, 0) is 42.0 Å². The number of thiazole rings is 1. The fraction of sp³-hybridized carbons (Fsp3) is 0.0417. The Balaban J connectivity index is 1.43. The highest BCUT2D eigenvalue weighted by Crippen LogP contribution is 2.26. The number of hydrogen-bond donors (Lipinski definition) is 1. The Morgan fingerprint density at radius 2 is 1.91 bits per heavy atom. The molecule has 8 nitrogen and oxygen atoms in total. The molecule has 0 bridgehead atoms. The molecule has 0 saturated carbocycles. The van der Waals surface area contributed by atoms with Gasteiger partial charge in [-0.3, -0.25) is 20.2 Å². The molecule has 0 fully saturated rings. The number of carbonyl (C=O) groups is 1. The number of rotatable bonds is 7. The number of nitriles is 1. The van der Waals surface area contributed by atoms with Gasteiger partial charge in [0.05, 0.1) is 4.92 Å². The highest BCUT2D eigenvalue weighted by atomic mass is 79.9. The number of nitro benzene ring substituents is 1. The van der Waals surface area contributed by atoms with Crippen molar-refractivity contribution in [3.63, 3.8) is 0 Å². The smallest absolute Gasteiger partial charge is 0.269 e. The van der Waals surface area contributed by atoms with E-state index in [4.69, 9.17) is 4.42 Å². The second-order valence-electron chi connectivity index (χ2n) is 7.06. The summed E-state index contributed by atoms with van der Waals surface area (Å²) in [5.74, 6) is 0.159. The summed E-state index contributed by atoms with van der Waals surface area (Å²) in [5.41, 5.74) is 1.58. The normalized spacial score (nSPS) is 11.1. The van der Waals surface area contributed by atoms with Crippen molar-refractivity contribution in [2.45, 2.75) is 6.42 Å². The van der Waals surface area contributed by atoms with Crippen LogP contribution in [0.5, 0.6) is 0 Å². The summed E-state index contributed by atoms with van der Waals surface area (Å²) in [6.45, 7) is 0. The van der Waals surface area contributed by atoms with Gasteiger partial charge in [-0.2, -0.15) is 5.26 Å². The van der Waals surface area contributed by atoms with Crippen LogP contribution in [0.25, 0.3) is 17.4 Å². The number of aromatic nitrogens is 1. The van der Waals surface area contributed by atoms with Gasteiger partial charge >= 0.3 is 0 Å². The van der Waals surface area contributed by atoms with Crippen molar-refractivity contribution < 1.29 is 14.1 Å². The fourth-order valence-corrected chi connectivity index (χ4v) is 4.14. The van der Waals surface area contributed by atoms with Crippen molar-refractivity contribution in [3.8, 4) is 17.4 Å². The molecular formula is C24H15BrN4O4S. The van der Waals surface area contributed by atoms with Crippen LogP contribution in [0.4, 0.5) is 10.8 Å². The molecule has 1 amide bonds. The molecule has 0 saturated heterocycles. The summed E-state index contributed by atoms with van der Waals surface area (Å²) in [5, 5.41) is 23.3. The Bertz CT molecular complexity index is 1420. The second-order valence-corrected chi connectivity index (χ2v) is 9.10. The summed E-state index contributed by atoms with van der Waals surface area (Å²) in [6.07, 6.45) is 3.71. The lowest BCUT2D eigenvalue weighted by atomic mass is 10.1. The molecule has 10 heteroatoms. The van der Waals surface area contributed by atoms with Crippen LogP contribution in [-0.2, 0) is 11.2 Å². The number of non-ortho nitro benzene ring substituents is 1. The molecule has 2 aromatic heterocycles. The van der Waals surface area contributed by atoms with Gasteiger partial charge in [-0.15, -0.1) is 11.3 Å². The summed E-state index contributed by atoms with van der Waals surface area (Å²) < 4.78 is 6.69. The molecule has 4 rings (SSSR count). The molecule has 34 heavy (non-hydrogen) atoms. The average molecular weight is 535 g/mol. The van der Waals surface area contributed by atoms with Gasteiger partial charge in [0.1, 0.15) is 23.2 Å². The Morgan fingerprint density at radius 1 is 1.18 bits per heavy atom. The first kappa shape index (κ1) is 23.1. The molecule has 0 aliphatic carbocycles. The van der Waals surface area contributed by atoms with Crippen LogP contribution in [-0.4, -0.2) is 15.8 Å². The summed E-state index contributed by atoms with van der Waals surface area (Å²) >= 11 is 4.74. The van der Waals surface area contributed by atoms with Crippen molar-refractivity contribution in [2.75, 3.05) is 5.32 Å². The number of nitrogens with zero attached hydrogens (tertiary/aromatic N) is 3. The lowest BCUT2D eigenvalue weighted by Crippen LogP contribution is -2.13. The minimum atomic E-state index is -0.597. The van der Waals surface area contributed by atoms with Gasteiger partial charge in [0.25, 0.3) is 11.6 Å². The average Bonchev–Trinajstić information content (AvgIpc) is 3.48. The maximum atomic E-state index is 12.6. The van der Waals surface area contributed by atoms with Crippen LogP contribution in [0.1, 0.15) is 16.2 Å². The maximum absolute atomic E-state index is 12.6. The van der Waals surface area contributed by atoms with Crippen molar-refractivity contribution in [2.24, 2.45) is 0 Å². The van der Waals surface area contributed by atoms with Gasteiger partial charge < -0.3 is 4.42 Å². The molecule has 0 radical (unpaired) electrons. The molecule has 2 aromatic carbocycles. The number of benzene rings is 2. The number of nitrogens with one attached hydrogen (secondary N) is 1. The van der Waals surface area contributed by atoms with Gasteiger partial charge in [0, 0.05) is 45.7 Å². The third-order valence-corrected chi connectivity index (χ3v) is 6.15. The van der Waals surface area contributed by atoms with E-state index >= 15 is 0 Å². The van der Waals surface area contributed by atoms with E-state index in [0.717, 1.165) is 14.9 Å². The van der Waals surface area contributed by atoms with Gasteiger partial charge in [0.2, 0.25) is 0 Å². The van der Waals surface area contributed by atoms with Crippen molar-refractivity contribution in [1.29, 1.82) is 5.26 Å². The minimum absolute atomic E-state index is 0.0268. The molecule has 0 aliphatic rings. The second kappa shape index (κ2) is 10.2. The van der Waals surface area contributed by atoms with Crippen LogP contribution in [0.3, 0.4) is 0 Å². The van der Waals surface area contributed by atoms with E-state index in [0.29, 0.717) is 28.6 Å². The minimum Gasteiger partial charge on any atom is -0.457 e. The van der Waals surface area contributed by atoms with Crippen LogP contribution in [0, 0.1) is 21.4 Å². The SMILES string of the molecule is N#C/C(=C\c1ccc(-c2ccc([N+](=O)[O-])cc2)o1)C(=O)Nc1ncc(Cc2ccc(Br)cc2)s1. The number of amides is 1. The maximum Gasteiger partial charge on any atom is 0.269 e. The molecule has 1 N–H and O–H groups in total. The highest BCUT2D eigenvalue weighted by molar-refractivity contribution is 9.10. The fourth-order valence-electron chi connectivity index (χ4n) is 3.04. The van der Waals surface area contributed by atoms with E-state index in [1.54, 1.807) is 30.5 Å². The highest BCUT2D eigenvalue weighted by Gasteiger charge is 2.14. The Hall–Kier alpha value is -4.07. The number of carbonyl (C=O) groups excluding carboxylic acids is 1. The standard InChI is InChI=1S/C24H15BrN4O4S/c25-18-5-1-15(2-6-18)11-21-14-27-24(34-21)28-23(30)17(13-26)12-20-9-10-22(33-20)16-3-7-19(8-4-16)29(31)32/h1-10,12,14H,11H2,(H,27,28,30)/b17-12+. The Morgan fingerprint density at radius 3 is 2.59 bits per heavy atom. The van der Waals surface area contributed by atoms with Crippen LogP contribution < -0.4 is 5.32 Å². The number of halogens is 1. The first-order chi connectivity index (χ1) is 16.4. The third-order valence-electron chi connectivity index (χ3n) is 4.71. The Labute approximate surface area is 206 Å². The van der Waals surface area contributed by atoms with E-state index < -0.39 is 10.8 Å². The zero-order valence-electron chi connectivity index (χ0n) is 17.4. The van der Waals surface area contributed by atoms with E-state index in [1.165, 1.54) is 29.5 Å². The molecule has 0 spiro atoms. The van der Waals surface area contributed by atoms with Crippen LogP contribution in [0.2, 0.25) is 0 Å². The summed E-state index contributed by atoms with van der Waals surface area (Å²) in [4.78, 5) is 28.1.